The molecule has 1 fully saturated rings. The first kappa shape index (κ1) is 13.5. The van der Waals surface area contributed by atoms with Gasteiger partial charge < -0.3 is 10.4 Å². The summed E-state index contributed by atoms with van der Waals surface area (Å²) in [7, 11) is 0. The molecule has 100 valence electrons. The van der Waals surface area contributed by atoms with E-state index in [0.29, 0.717) is 0 Å². The van der Waals surface area contributed by atoms with Crippen molar-refractivity contribution in [1.29, 1.82) is 0 Å². The molecule has 0 amide bonds. The molecule has 0 saturated heterocycles. The lowest BCUT2D eigenvalue weighted by atomic mass is 9.77. The first-order valence-electron chi connectivity index (χ1n) is 6.91. The lowest BCUT2D eigenvalue weighted by molar-refractivity contribution is 0.104. The van der Waals surface area contributed by atoms with Crippen LogP contribution in [-0.2, 0) is 6.54 Å². The number of aliphatic hydroxyl groups is 1. The van der Waals surface area contributed by atoms with Crippen LogP contribution in [-0.4, -0.2) is 22.2 Å². The minimum Gasteiger partial charge on any atom is -0.394 e. The third kappa shape index (κ3) is 3.09. The average molecular weight is 248 g/mol. The molecule has 1 aliphatic carbocycles. The van der Waals surface area contributed by atoms with Crippen LogP contribution in [0.4, 0.5) is 0 Å². The Hall–Kier alpha value is -0.930. The highest BCUT2D eigenvalue weighted by molar-refractivity contribution is 5.17. The number of hydrogen-bond donors (Lipinski definition) is 2. The molecule has 0 unspecified atom stereocenters. The minimum absolute atomic E-state index is 0.0868. The van der Waals surface area contributed by atoms with Gasteiger partial charge in [0, 0.05) is 18.3 Å². The highest BCUT2D eigenvalue weighted by Gasteiger charge is 2.33. The van der Waals surface area contributed by atoms with Crippen molar-refractivity contribution in [2.45, 2.75) is 51.6 Å². The lowest BCUT2D eigenvalue weighted by Crippen LogP contribution is -2.50. The van der Waals surface area contributed by atoms with Gasteiger partial charge in [-0.3, -0.25) is 4.98 Å². The Morgan fingerprint density at radius 2 is 2.17 bits per heavy atom. The maximum absolute atomic E-state index is 9.69. The number of hydrogen-bond acceptors (Lipinski definition) is 3. The quantitative estimate of drug-likeness (QED) is 0.860. The topological polar surface area (TPSA) is 45.2 Å². The molecule has 1 heterocycles. The van der Waals surface area contributed by atoms with E-state index in [0.717, 1.165) is 31.0 Å². The van der Waals surface area contributed by atoms with Gasteiger partial charge in [0.15, 0.2) is 0 Å². The van der Waals surface area contributed by atoms with E-state index >= 15 is 0 Å². The zero-order chi connectivity index (χ0) is 13.0. The first-order chi connectivity index (χ1) is 8.65. The number of pyridine rings is 1. The van der Waals surface area contributed by atoms with E-state index in [1.807, 2.05) is 12.3 Å². The SMILES string of the molecule is Cc1cccnc1CNC1(CO)CCC(C)CC1. The fraction of sp³-hybridized carbons (Fsp3) is 0.667. The van der Waals surface area contributed by atoms with Gasteiger partial charge in [-0.15, -0.1) is 0 Å². The largest absolute Gasteiger partial charge is 0.394 e. The van der Waals surface area contributed by atoms with E-state index in [1.54, 1.807) is 0 Å². The molecule has 0 atom stereocenters. The molecule has 2 N–H and O–H groups in total. The molecule has 1 aromatic heterocycles. The minimum atomic E-state index is -0.0868. The average Bonchev–Trinajstić information content (AvgIpc) is 2.40. The Bertz CT molecular complexity index is 384. The molecular formula is C15H24N2O. The maximum atomic E-state index is 9.69. The van der Waals surface area contributed by atoms with Crippen molar-refractivity contribution in [3.05, 3.63) is 29.6 Å². The number of rotatable bonds is 4. The van der Waals surface area contributed by atoms with E-state index in [2.05, 4.69) is 30.2 Å². The number of nitrogens with zero attached hydrogens (tertiary/aromatic N) is 1. The number of aromatic nitrogens is 1. The fourth-order valence-electron chi connectivity index (χ4n) is 2.68. The summed E-state index contributed by atoms with van der Waals surface area (Å²) in [6.07, 6.45) is 6.37. The van der Waals surface area contributed by atoms with E-state index in [-0.39, 0.29) is 12.1 Å². The molecular weight excluding hydrogens is 224 g/mol. The van der Waals surface area contributed by atoms with Crippen LogP contribution < -0.4 is 5.32 Å². The van der Waals surface area contributed by atoms with Crippen molar-refractivity contribution in [3.63, 3.8) is 0 Å². The molecule has 0 radical (unpaired) electrons. The van der Waals surface area contributed by atoms with Gasteiger partial charge in [-0.1, -0.05) is 13.0 Å². The van der Waals surface area contributed by atoms with Crippen molar-refractivity contribution in [3.8, 4) is 0 Å². The summed E-state index contributed by atoms with van der Waals surface area (Å²) in [5.74, 6) is 0.795. The number of aliphatic hydroxyl groups excluding tert-OH is 1. The highest BCUT2D eigenvalue weighted by atomic mass is 16.3. The summed E-state index contributed by atoms with van der Waals surface area (Å²) in [6.45, 7) is 5.36. The van der Waals surface area contributed by atoms with Gasteiger partial charge in [-0.25, -0.2) is 0 Å². The second-order valence-corrected chi connectivity index (χ2v) is 5.74. The van der Waals surface area contributed by atoms with Gasteiger partial charge >= 0.3 is 0 Å². The van der Waals surface area contributed by atoms with Crippen molar-refractivity contribution in [1.82, 2.24) is 10.3 Å². The van der Waals surface area contributed by atoms with Gasteiger partial charge in [0.05, 0.1) is 12.3 Å². The van der Waals surface area contributed by atoms with E-state index in [1.165, 1.54) is 18.4 Å². The molecule has 18 heavy (non-hydrogen) atoms. The predicted molar refractivity (Wildman–Crippen MR) is 73.3 cm³/mol. The Balaban J connectivity index is 1.97. The monoisotopic (exact) mass is 248 g/mol. The van der Waals surface area contributed by atoms with Gasteiger partial charge in [-0.2, -0.15) is 0 Å². The summed E-state index contributed by atoms with van der Waals surface area (Å²) < 4.78 is 0. The van der Waals surface area contributed by atoms with Crippen molar-refractivity contribution in [2.24, 2.45) is 5.92 Å². The van der Waals surface area contributed by atoms with Gasteiger partial charge in [0.1, 0.15) is 0 Å². The molecule has 2 rings (SSSR count). The molecule has 0 aromatic carbocycles. The summed E-state index contributed by atoms with van der Waals surface area (Å²) in [6, 6.07) is 4.04. The molecule has 0 bridgehead atoms. The first-order valence-corrected chi connectivity index (χ1v) is 6.91. The van der Waals surface area contributed by atoms with Crippen LogP contribution in [0.1, 0.15) is 43.9 Å². The van der Waals surface area contributed by atoms with E-state index < -0.39 is 0 Å². The van der Waals surface area contributed by atoms with Crippen molar-refractivity contribution < 1.29 is 5.11 Å². The third-order valence-electron chi connectivity index (χ3n) is 4.28. The molecule has 1 aliphatic rings. The van der Waals surface area contributed by atoms with Gasteiger partial charge in [-0.05, 0) is 50.2 Å². The molecule has 3 nitrogen and oxygen atoms in total. The zero-order valence-corrected chi connectivity index (χ0v) is 11.4. The Morgan fingerprint density at radius 1 is 1.44 bits per heavy atom. The molecule has 1 saturated carbocycles. The van der Waals surface area contributed by atoms with E-state index in [9.17, 15) is 5.11 Å². The van der Waals surface area contributed by atoms with Crippen molar-refractivity contribution in [2.75, 3.05) is 6.61 Å². The fourth-order valence-corrected chi connectivity index (χ4v) is 2.68. The smallest absolute Gasteiger partial charge is 0.0613 e. The number of aryl methyl sites for hydroxylation is 1. The zero-order valence-electron chi connectivity index (χ0n) is 11.4. The number of nitrogens with one attached hydrogen (secondary N) is 1. The Morgan fingerprint density at radius 3 is 2.78 bits per heavy atom. The summed E-state index contributed by atoms with van der Waals surface area (Å²) in [5.41, 5.74) is 2.21. The lowest BCUT2D eigenvalue weighted by Gasteiger charge is -2.39. The standard InChI is InChI=1S/C15H24N2O/c1-12-5-7-15(11-18,8-6-12)17-10-14-13(2)4-3-9-16-14/h3-4,9,12,17-18H,5-8,10-11H2,1-2H3. The van der Waals surface area contributed by atoms with Crippen LogP contribution in [0.25, 0.3) is 0 Å². The van der Waals surface area contributed by atoms with E-state index in [4.69, 9.17) is 0 Å². The normalized spacial score (nSPS) is 28.3. The van der Waals surface area contributed by atoms with Crippen LogP contribution in [0.15, 0.2) is 18.3 Å². The van der Waals surface area contributed by atoms with Crippen molar-refractivity contribution >= 4 is 0 Å². The third-order valence-corrected chi connectivity index (χ3v) is 4.28. The summed E-state index contributed by atoms with van der Waals surface area (Å²) in [5, 5.41) is 13.2. The van der Waals surface area contributed by atoms with Gasteiger partial charge in [0.2, 0.25) is 0 Å². The van der Waals surface area contributed by atoms with Crippen LogP contribution >= 0.6 is 0 Å². The molecule has 3 heteroatoms. The highest BCUT2D eigenvalue weighted by Crippen LogP contribution is 2.31. The van der Waals surface area contributed by atoms with Crippen LogP contribution in [0, 0.1) is 12.8 Å². The summed E-state index contributed by atoms with van der Waals surface area (Å²) in [4.78, 5) is 4.40. The van der Waals surface area contributed by atoms with Crippen LogP contribution in [0.2, 0.25) is 0 Å². The molecule has 0 aliphatic heterocycles. The van der Waals surface area contributed by atoms with Crippen LogP contribution in [0.3, 0.4) is 0 Å². The van der Waals surface area contributed by atoms with Crippen LogP contribution in [0.5, 0.6) is 0 Å². The second kappa shape index (κ2) is 5.81. The summed E-state index contributed by atoms with van der Waals surface area (Å²) >= 11 is 0. The Kier molecular flexibility index (Phi) is 4.36. The molecule has 0 spiro atoms. The molecule has 1 aromatic rings. The maximum Gasteiger partial charge on any atom is 0.0613 e. The second-order valence-electron chi connectivity index (χ2n) is 5.74. The predicted octanol–water partition coefficient (Wildman–Crippen LogP) is 2.42. The Labute approximate surface area is 110 Å². The van der Waals surface area contributed by atoms with Gasteiger partial charge in [0.25, 0.3) is 0 Å².